The van der Waals surface area contributed by atoms with Crippen LogP contribution >= 0.6 is 0 Å². The molecule has 0 spiro atoms. The van der Waals surface area contributed by atoms with Crippen LogP contribution in [0.3, 0.4) is 0 Å². The van der Waals surface area contributed by atoms with Crippen LogP contribution in [0.15, 0.2) is 48.9 Å². The third kappa shape index (κ3) is 3.08. The molecule has 2 heterocycles. The van der Waals surface area contributed by atoms with E-state index in [2.05, 4.69) is 15.3 Å². The molecule has 6 nitrogen and oxygen atoms in total. The first-order chi connectivity index (χ1) is 11.5. The second-order valence-corrected chi connectivity index (χ2v) is 6.11. The Morgan fingerprint density at radius 3 is 2.71 bits per heavy atom. The molecule has 0 aliphatic carbocycles. The van der Waals surface area contributed by atoms with E-state index >= 15 is 0 Å². The molecule has 1 N–H and O–H groups in total. The summed E-state index contributed by atoms with van der Waals surface area (Å²) >= 11 is 0. The smallest absolute Gasteiger partial charge is 0.315 e. The minimum atomic E-state index is -0.666. The zero-order valence-electron chi connectivity index (χ0n) is 14.0. The van der Waals surface area contributed by atoms with Crippen molar-refractivity contribution in [1.82, 2.24) is 14.4 Å². The number of esters is 1. The predicted octanol–water partition coefficient (Wildman–Crippen LogP) is 2.79. The van der Waals surface area contributed by atoms with Crippen molar-refractivity contribution in [3.8, 4) is 0 Å². The minimum Gasteiger partial charge on any atom is -0.468 e. The van der Waals surface area contributed by atoms with Gasteiger partial charge in [-0.25, -0.2) is 9.97 Å². The molecule has 0 radical (unpaired) electrons. The summed E-state index contributed by atoms with van der Waals surface area (Å²) in [6, 6.07) is 9.64. The zero-order valence-corrected chi connectivity index (χ0v) is 14.0. The van der Waals surface area contributed by atoms with Crippen molar-refractivity contribution >= 4 is 17.4 Å². The third-order valence-electron chi connectivity index (χ3n) is 4.06. The van der Waals surface area contributed by atoms with E-state index in [0.717, 1.165) is 16.9 Å². The summed E-state index contributed by atoms with van der Waals surface area (Å²) < 4.78 is 6.75. The highest BCUT2D eigenvalue weighted by Crippen LogP contribution is 2.26. The fourth-order valence-electron chi connectivity index (χ4n) is 2.54. The van der Waals surface area contributed by atoms with Gasteiger partial charge in [-0.15, -0.1) is 0 Å². The average Bonchev–Trinajstić information content (AvgIpc) is 3.02. The van der Waals surface area contributed by atoms with Crippen LogP contribution in [-0.4, -0.2) is 27.4 Å². The van der Waals surface area contributed by atoms with Gasteiger partial charge >= 0.3 is 5.97 Å². The van der Waals surface area contributed by atoms with Crippen LogP contribution in [0.1, 0.15) is 25.1 Å². The number of ether oxygens (including phenoxy) is 1. The molecule has 0 bridgehead atoms. The Morgan fingerprint density at radius 1 is 1.29 bits per heavy atom. The van der Waals surface area contributed by atoms with Crippen LogP contribution in [0.5, 0.6) is 0 Å². The topological polar surface area (TPSA) is 68.5 Å². The summed E-state index contributed by atoms with van der Waals surface area (Å²) in [7, 11) is 1.41. The molecule has 6 heteroatoms. The molecule has 0 aliphatic heterocycles. The summed E-state index contributed by atoms with van der Waals surface area (Å²) in [4.78, 5) is 20.5. The maximum absolute atomic E-state index is 11.9. The Bertz CT molecular complexity index is 820. The van der Waals surface area contributed by atoms with Gasteiger partial charge in [0.25, 0.3) is 0 Å². The summed E-state index contributed by atoms with van der Waals surface area (Å²) in [5.74, 6) is 0.435. The summed E-state index contributed by atoms with van der Waals surface area (Å²) in [5, 5.41) is 3.32. The molecular formula is C18H20N4O2. The lowest BCUT2D eigenvalue weighted by molar-refractivity contribution is -0.146. The zero-order chi connectivity index (χ0) is 17.2. The first-order valence-electron chi connectivity index (χ1n) is 7.72. The van der Waals surface area contributed by atoms with Crippen molar-refractivity contribution in [3.63, 3.8) is 0 Å². The molecule has 0 saturated heterocycles. The molecule has 2 aromatic heterocycles. The van der Waals surface area contributed by atoms with Gasteiger partial charge in [0.2, 0.25) is 5.78 Å². The van der Waals surface area contributed by atoms with Crippen LogP contribution in [0.25, 0.3) is 5.78 Å². The molecule has 0 unspecified atom stereocenters. The van der Waals surface area contributed by atoms with E-state index in [4.69, 9.17) is 4.74 Å². The summed E-state index contributed by atoms with van der Waals surface area (Å²) in [5.41, 5.74) is 2.12. The number of carbonyl (C=O) groups is 1. The van der Waals surface area contributed by atoms with Gasteiger partial charge in [-0.2, -0.15) is 0 Å². The Kier molecular flexibility index (Phi) is 4.20. The van der Waals surface area contributed by atoms with Gasteiger partial charge in [0.05, 0.1) is 24.8 Å². The summed E-state index contributed by atoms with van der Waals surface area (Å²) in [6.45, 7) is 4.30. The largest absolute Gasteiger partial charge is 0.468 e. The van der Waals surface area contributed by atoms with Gasteiger partial charge in [0.15, 0.2) is 0 Å². The van der Waals surface area contributed by atoms with E-state index in [1.165, 1.54) is 7.11 Å². The average molecular weight is 324 g/mol. The van der Waals surface area contributed by atoms with E-state index in [9.17, 15) is 4.79 Å². The lowest BCUT2D eigenvalue weighted by Crippen LogP contribution is -2.30. The van der Waals surface area contributed by atoms with Crippen molar-refractivity contribution < 1.29 is 9.53 Å². The van der Waals surface area contributed by atoms with E-state index in [1.54, 1.807) is 6.20 Å². The third-order valence-corrected chi connectivity index (χ3v) is 4.06. The van der Waals surface area contributed by atoms with Crippen LogP contribution in [-0.2, 0) is 21.5 Å². The minimum absolute atomic E-state index is 0.250. The number of anilines is 1. The maximum Gasteiger partial charge on any atom is 0.315 e. The van der Waals surface area contributed by atoms with Gasteiger partial charge in [-0.3, -0.25) is 9.20 Å². The molecule has 0 atom stereocenters. The number of nitrogens with zero attached hydrogens (tertiary/aromatic N) is 3. The molecule has 0 amide bonds. The number of carbonyl (C=O) groups excluding carboxylic acids is 1. The molecule has 1 aromatic carbocycles. The first-order valence-corrected chi connectivity index (χ1v) is 7.72. The highest BCUT2D eigenvalue weighted by molar-refractivity contribution is 5.82. The molecular weight excluding hydrogens is 304 g/mol. The number of fused-ring (bicyclic) bond motifs is 1. The molecule has 3 aromatic rings. The Hall–Kier alpha value is -2.89. The normalized spacial score (nSPS) is 11.5. The fourth-order valence-corrected chi connectivity index (χ4v) is 2.54. The van der Waals surface area contributed by atoms with Gasteiger partial charge in [0.1, 0.15) is 0 Å². The van der Waals surface area contributed by atoms with Gasteiger partial charge in [0, 0.05) is 24.3 Å². The first kappa shape index (κ1) is 16.0. The van der Waals surface area contributed by atoms with Crippen LogP contribution in [0.2, 0.25) is 0 Å². The van der Waals surface area contributed by atoms with E-state index in [0.29, 0.717) is 12.3 Å². The maximum atomic E-state index is 11.9. The molecule has 24 heavy (non-hydrogen) atoms. The number of methoxy groups -OCH3 is 1. The van der Waals surface area contributed by atoms with Gasteiger partial charge in [-0.05, 0) is 37.6 Å². The number of hydrogen-bond donors (Lipinski definition) is 1. The van der Waals surface area contributed by atoms with Crippen molar-refractivity contribution in [3.05, 3.63) is 60.2 Å². The SMILES string of the molecule is COC(=O)C(C)(C)c1ccc(NCc2cn3cccnc3n2)cc1. The van der Waals surface area contributed by atoms with Crippen LogP contribution in [0, 0.1) is 0 Å². The summed E-state index contributed by atoms with van der Waals surface area (Å²) in [6.07, 6.45) is 5.59. The number of hydrogen-bond acceptors (Lipinski definition) is 5. The monoisotopic (exact) mass is 324 g/mol. The van der Waals surface area contributed by atoms with Crippen LogP contribution < -0.4 is 5.32 Å². The number of aromatic nitrogens is 3. The second-order valence-electron chi connectivity index (χ2n) is 6.11. The molecule has 124 valence electrons. The number of nitrogens with one attached hydrogen (secondary N) is 1. The second kappa shape index (κ2) is 6.31. The highest BCUT2D eigenvalue weighted by atomic mass is 16.5. The van der Waals surface area contributed by atoms with E-state index in [1.807, 2.05) is 61.0 Å². The molecule has 0 fully saturated rings. The number of rotatable bonds is 5. The van der Waals surface area contributed by atoms with Gasteiger partial charge < -0.3 is 10.1 Å². The Labute approximate surface area is 140 Å². The van der Waals surface area contributed by atoms with Crippen molar-refractivity contribution in [1.29, 1.82) is 0 Å². The van der Waals surface area contributed by atoms with Crippen LogP contribution in [0.4, 0.5) is 5.69 Å². The lowest BCUT2D eigenvalue weighted by atomic mass is 9.85. The predicted molar refractivity (Wildman–Crippen MR) is 91.8 cm³/mol. The molecule has 0 aliphatic rings. The highest BCUT2D eigenvalue weighted by Gasteiger charge is 2.30. The molecule has 0 saturated carbocycles. The number of benzene rings is 1. The Morgan fingerprint density at radius 2 is 2.04 bits per heavy atom. The fraction of sp³-hybridized carbons (Fsp3) is 0.278. The Balaban J connectivity index is 1.69. The molecule has 3 rings (SSSR count). The van der Waals surface area contributed by atoms with E-state index < -0.39 is 5.41 Å². The van der Waals surface area contributed by atoms with Gasteiger partial charge in [-0.1, -0.05) is 12.1 Å². The van der Waals surface area contributed by atoms with Crippen molar-refractivity contribution in [2.24, 2.45) is 0 Å². The lowest BCUT2D eigenvalue weighted by Gasteiger charge is -2.22. The van der Waals surface area contributed by atoms with E-state index in [-0.39, 0.29) is 5.97 Å². The van der Waals surface area contributed by atoms with Crippen molar-refractivity contribution in [2.75, 3.05) is 12.4 Å². The number of imidazole rings is 1. The standard InChI is InChI=1S/C18H20N4O2/c1-18(2,16(23)24-3)13-5-7-14(8-6-13)20-11-15-12-22-10-4-9-19-17(22)21-15/h4-10,12,20H,11H2,1-3H3. The van der Waals surface area contributed by atoms with Crippen molar-refractivity contribution in [2.45, 2.75) is 25.8 Å². The quantitative estimate of drug-likeness (QED) is 0.731.